The van der Waals surface area contributed by atoms with Crippen molar-refractivity contribution in [3.63, 3.8) is 0 Å². The summed E-state index contributed by atoms with van der Waals surface area (Å²) >= 11 is 1.78. The molecule has 0 fully saturated rings. The van der Waals surface area contributed by atoms with E-state index in [-0.39, 0.29) is 18.3 Å². The van der Waals surface area contributed by atoms with Crippen LogP contribution in [0.15, 0.2) is 24.3 Å². The van der Waals surface area contributed by atoms with Gasteiger partial charge < -0.3 is 11.1 Å². The fraction of sp³-hybridized carbons (Fsp3) is 0.500. The third kappa shape index (κ3) is 6.85. The van der Waals surface area contributed by atoms with Crippen LogP contribution in [-0.4, -0.2) is 18.2 Å². The van der Waals surface area contributed by atoms with Gasteiger partial charge in [-0.1, -0.05) is 26.0 Å². The molecule has 0 unspecified atom stereocenters. The average Bonchev–Trinajstić information content (AvgIpc) is 2.31. The van der Waals surface area contributed by atoms with Crippen molar-refractivity contribution in [2.45, 2.75) is 32.1 Å². The number of amides is 1. The molecule has 1 aromatic carbocycles. The molecule has 1 rings (SSSR count). The molecule has 0 saturated heterocycles. The smallest absolute Gasteiger partial charge is 0.241 e. The lowest BCUT2D eigenvalue weighted by molar-refractivity contribution is -0.117. The lowest BCUT2D eigenvalue weighted by atomic mass is 10.0. The molecular weight excluding hydrogens is 280 g/mol. The van der Waals surface area contributed by atoms with Crippen LogP contribution in [0.4, 0.5) is 5.69 Å². The van der Waals surface area contributed by atoms with Crippen molar-refractivity contribution in [2.24, 2.45) is 11.7 Å². The number of carbonyl (C=O) groups excluding carboxylic acids is 1. The van der Waals surface area contributed by atoms with E-state index in [1.54, 1.807) is 11.8 Å². The first-order chi connectivity index (χ1) is 8.52. The number of carbonyl (C=O) groups is 1. The highest BCUT2D eigenvalue weighted by Gasteiger charge is 2.14. The molecule has 0 radical (unpaired) electrons. The minimum absolute atomic E-state index is 0. The summed E-state index contributed by atoms with van der Waals surface area (Å²) in [5.41, 5.74) is 7.89. The molecule has 0 aromatic heterocycles. The summed E-state index contributed by atoms with van der Waals surface area (Å²) in [6.45, 7) is 4.12. The maximum absolute atomic E-state index is 11.8. The van der Waals surface area contributed by atoms with Crippen LogP contribution in [0.1, 0.15) is 25.8 Å². The first kappa shape index (κ1) is 18.3. The van der Waals surface area contributed by atoms with Gasteiger partial charge in [0.25, 0.3) is 0 Å². The molecule has 0 bridgehead atoms. The van der Waals surface area contributed by atoms with Crippen LogP contribution >= 0.6 is 24.2 Å². The van der Waals surface area contributed by atoms with E-state index in [1.807, 2.05) is 24.3 Å². The summed E-state index contributed by atoms with van der Waals surface area (Å²) in [5.74, 6) is 1.30. The highest BCUT2D eigenvalue weighted by Crippen LogP contribution is 2.14. The molecule has 0 aliphatic rings. The van der Waals surface area contributed by atoms with Gasteiger partial charge in [0.1, 0.15) is 0 Å². The number of benzene rings is 1. The highest BCUT2D eigenvalue weighted by atomic mass is 35.5. The molecule has 3 N–H and O–H groups in total. The Labute approximate surface area is 126 Å². The molecule has 19 heavy (non-hydrogen) atoms. The minimum atomic E-state index is -0.434. The molecule has 108 valence electrons. The Morgan fingerprint density at radius 1 is 1.32 bits per heavy atom. The van der Waals surface area contributed by atoms with Crippen molar-refractivity contribution in [2.75, 3.05) is 11.6 Å². The number of hydrogen-bond acceptors (Lipinski definition) is 3. The van der Waals surface area contributed by atoms with E-state index >= 15 is 0 Å². The molecule has 0 aliphatic carbocycles. The van der Waals surface area contributed by atoms with Gasteiger partial charge in [0.05, 0.1) is 6.04 Å². The Morgan fingerprint density at radius 2 is 1.89 bits per heavy atom. The van der Waals surface area contributed by atoms with Crippen LogP contribution in [0.3, 0.4) is 0 Å². The number of halogens is 1. The topological polar surface area (TPSA) is 55.1 Å². The third-order valence-electron chi connectivity index (χ3n) is 2.59. The molecule has 0 aliphatic heterocycles. The van der Waals surface area contributed by atoms with Crippen LogP contribution in [0.2, 0.25) is 0 Å². The largest absolute Gasteiger partial charge is 0.325 e. The molecule has 1 aromatic rings. The lowest BCUT2D eigenvalue weighted by Gasteiger charge is -2.14. The van der Waals surface area contributed by atoms with Crippen molar-refractivity contribution in [1.29, 1.82) is 0 Å². The van der Waals surface area contributed by atoms with E-state index in [0.717, 1.165) is 11.4 Å². The zero-order valence-corrected chi connectivity index (χ0v) is 13.3. The van der Waals surface area contributed by atoms with Crippen molar-refractivity contribution in [3.05, 3.63) is 29.8 Å². The van der Waals surface area contributed by atoms with Crippen molar-refractivity contribution in [1.82, 2.24) is 0 Å². The second-order valence-electron chi connectivity index (χ2n) is 4.86. The SMILES string of the molecule is CSCc1ccc(NC(=O)[C@@H](N)CC(C)C)cc1.Cl. The number of nitrogens with two attached hydrogens (primary N) is 1. The maximum Gasteiger partial charge on any atom is 0.241 e. The standard InChI is InChI=1S/C14H22N2OS.ClH/c1-10(2)8-13(15)14(17)16-12-6-4-11(5-7-12)9-18-3;/h4-7,10,13H,8-9,15H2,1-3H3,(H,16,17);1H/t13-;/m0./s1. The molecule has 5 heteroatoms. The molecule has 0 spiro atoms. The van der Waals surface area contributed by atoms with E-state index in [2.05, 4.69) is 25.4 Å². The summed E-state index contributed by atoms with van der Waals surface area (Å²) in [5, 5.41) is 2.85. The normalized spacial score (nSPS) is 11.8. The van der Waals surface area contributed by atoms with Gasteiger partial charge >= 0.3 is 0 Å². The zero-order valence-electron chi connectivity index (χ0n) is 11.7. The van der Waals surface area contributed by atoms with Gasteiger partial charge in [0, 0.05) is 11.4 Å². The predicted molar refractivity (Wildman–Crippen MR) is 87.0 cm³/mol. The molecular formula is C14H23ClN2OS. The van der Waals surface area contributed by atoms with Gasteiger partial charge in [-0.05, 0) is 36.3 Å². The second-order valence-corrected chi connectivity index (χ2v) is 5.72. The van der Waals surface area contributed by atoms with Crippen LogP contribution in [0.25, 0.3) is 0 Å². The first-order valence-corrected chi connectivity index (χ1v) is 7.56. The lowest BCUT2D eigenvalue weighted by Crippen LogP contribution is -2.36. The van der Waals surface area contributed by atoms with Gasteiger partial charge in [-0.3, -0.25) is 4.79 Å². The molecule has 1 amide bonds. The Morgan fingerprint density at radius 3 is 2.37 bits per heavy atom. The maximum atomic E-state index is 11.8. The van der Waals surface area contributed by atoms with Crippen LogP contribution < -0.4 is 11.1 Å². The van der Waals surface area contributed by atoms with E-state index < -0.39 is 6.04 Å². The Hall–Kier alpha value is -0.710. The quantitative estimate of drug-likeness (QED) is 0.848. The summed E-state index contributed by atoms with van der Waals surface area (Å²) in [6, 6.07) is 7.47. The van der Waals surface area contributed by atoms with E-state index in [0.29, 0.717) is 12.3 Å². The van der Waals surface area contributed by atoms with Crippen LogP contribution in [0.5, 0.6) is 0 Å². The predicted octanol–water partition coefficient (Wildman–Crippen LogP) is 3.28. The average molecular weight is 303 g/mol. The van der Waals surface area contributed by atoms with Gasteiger partial charge in [-0.2, -0.15) is 11.8 Å². The fourth-order valence-electron chi connectivity index (χ4n) is 1.70. The van der Waals surface area contributed by atoms with E-state index in [1.165, 1.54) is 5.56 Å². The molecule has 0 saturated carbocycles. The van der Waals surface area contributed by atoms with Crippen molar-refractivity contribution < 1.29 is 4.79 Å². The van der Waals surface area contributed by atoms with Crippen molar-refractivity contribution in [3.8, 4) is 0 Å². The highest BCUT2D eigenvalue weighted by molar-refractivity contribution is 7.97. The molecule has 1 atom stereocenters. The fourth-order valence-corrected chi connectivity index (χ4v) is 2.23. The molecule has 0 heterocycles. The Kier molecular flexibility index (Phi) is 8.89. The zero-order chi connectivity index (χ0) is 13.5. The summed E-state index contributed by atoms with van der Waals surface area (Å²) < 4.78 is 0. The number of hydrogen-bond donors (Lipinski definition) is 2. The Bertz CT molecular complexity index is 382. The number of anilines is 1. The van der Waals surface area contributed by atoms with Gasteiger partial charge in [0.2, 0.25) is 5.91 Å². The van der Waals surface area contributed by atoms with E-state index in [9.17, 15) is 4.79 Å². The van der Waals surface area contributed by atoms with E-state index in [4.69, 9.17) is 5.73 Å². The van der Waals surface area contributed by atoms with Gasteiger partial charge in [0.15, 0.2) is 0 Å². The van der Waals surface area contributed by atoms with Gasteiger partial charge in [-0.25, -0.2) is 0 Å². The number of nitrogens with one attached hydrogen (secondary N) is 1. The summed E-state index contributed by atoms with van der Waals surface area (Å²) in [6.07, 6.45) is 2.77. The van der Waals surface area contributed by atoms with Crippen molar-refractivity contribution >= 4 is 35.8 Å². The number of rotatable bonds is 6. The summed E-state index contributed by atoms with van der Waals surface area (Å²) in [7, 11) is 0. The monoisotopic (exact) mass is 302 g/mol. The Balaban J connectivity index is 0.00000324. The van der Waals surface area contributed by atoms with Crippen LogP contribution in [-0.2, 0) is 10.5 Å². The third-order valence-corrected chi connectivity index (χ3v) is 3.22. The van der Waals surface area contributed by atoms with Gasteiger partial charge in [-0.15, -0.1) is 12.4 Å². The first-order valence-electron chi connectivity index (χ1n) is 6.17. The van der Waals surface area contributed by atoms with Crippen LogP contribution in [0, 0.1) is 5.92 Å². The minimum Gasteiger partial charge on any atom is -0.325 e. The number of thioether (sulfide) groups is 1. The summed E-state index contributed by atoms with van der Waals surface area (Å²) in [4.78, 5) is 11.8. The molecule has 3 nitrogen and oxygen atoms in total. The second kappa shape index (κ2) is 9.23.